The molecular formula is C20H20N4O4. The Morgan fingerprint density at radius 1 is 1.07 bits per heavy atom. The van der Waals surface area contributed by atoms with Gasteiger partial charge in [0, 0.05) is 49.8 Å². The molecule has 0 saturated heterocycles. The minimum Gasteiger partial charge on any atom is -0.378 e. The largest absolute Gasteiger partial charge is 0.378 e. The normalized spacial score (nSPS) is 14.1. The number of allylic oxidation sites excluding steroid dienone is 2. The van der Waals surface area contributed by atoms with Crippen LogP contribution in [0.1, 0.15) is 18.1 Å². The Morgan fingerprint density at radius 2 is 1.82 bits per heavy atom. The number of rotatable bonds is 5. The molecule has 144 valence electrons. The Labute approximate surface area is 162 Å². The molecule has 2 aromatic carbocycles. The molecule has 0 aromatic heterocycles. The van der Waals surface area contributed by atoms with E-state index in [2.05, 4.69) is 4.90 Å². The van der Waals surface area contributed by atoms with Crippen LogP contribution in [0.2, 0.25) is 0 Å². The highest BCUT2D eigenvalue weighted by Crippen LogP contribution is 2.37. The van der Waals surface area contributed by atoms with Crippen molar-refractivity contribution in [3.8, 4) is 0 Å². The molecule has 0 spiro atoms. The van der Waals surface area contributed by atoms with Crippen molar-refractivity contribution in [3.63, 3.8) is 0 Å². The second kappa shape index (κ2) is 7.51. The van der Waals surface area contributed by atoms with E-state index in [9.17, 15) is 20.2 Å². The summed E-state index contributed by atoms with van der Waals surface area (Å²) in [6.07, 6.45) is 5.53. The third-order valence-electron chi connectivity index (χ3n) is 4.62. The molecule has 1 heterocycles. The van der Waals surface area contributed by atoms with Gasteiger partial charge in [-0.1, -0.05) is 0 Å². The van der Waals surface area contributed by atoms with E-state index in [0.717, 1.165) is 35.1 Å². The van der Waals surface area contributed by atoms with Gasteiger partial charge in [-0.2, -0.15) is 0 Å². The molecule has 0 aliphatic carbocycles. The summed E-state index contributed by atoms with van der Waals surface area (Å²) in [4.78, 5) is 25.3. The van der Waals surface area contributed by atoms with E-state index < -0.39 is 9.85 Å². The van der Waals surface area contributed by atoms with Crippen LogP contribution >= 0.6 is 0 Å². The summed E-state index contributed by atoms with van der Waals surface area (Å²) in [5.74, 6) is 0. The van der Waals surface area contributed by atoms with Gasteiger partial charge in [0.25, 0.3) is 11.4 Å². The fourth-order valence-corrected chi connectivity index (χ4v) is 3.12. The molecule has 0 amide bonds. The predicted octanol–water partition coefficient (Wildman–Crippen LogP) is 4.46. The van der Waals surface area contributed by atoms with Crippen LogP contribution in [0.5, 0.6) is 0 Å². The van der Waals surface area contributed by atoms with Crippen LogP contribution in [0.4, 0.5) is 22.7 Å². The molecule has 0 N–H and O–H groups in total. The first-order valence-corrected chi connectivity index (χ1v) is 8.73. The molecule has 0 unspecified atom stereocenters. The van der Waals surface area contributed by atoms with Crippen molar-refractivity contribution in [2.75, 3.05) is 30.4 Å². The van der Waals surface area contributed by atoms with Crippen LogP contribution < -0.4 is 9.80 Å². The monoisotopic (exact) mass is 380 g/mol. The standard InChI is InChI=1S/C20H20N4O4/c1-4-22-10-9-14(18-12-16(21(2)3)7-8-19(18)22)11-15-5-6-17(23(25)26)13-20(15)24(27)28/h5-13H,4H2,1-3H3/b14-11+. The molecule has 1 aliphatic heterocycles. The Kier molecular flexibility index (Phi) is 5.12. The first kappa shape index (κ1) is 19.1. The third kappa shape index (κ3) is 3.57. The van der Waals surface area contributed by atoms with Crippen LogP contribution in [0.15, 0.2) is 48.7 Å². The van der Waals surface area contributed by atoms with Gasteiger partial charge >= 0.3 is 0 Å². The predicted molar refractivity (Wildman–Crippen MR) is 111 cm³/mol. The molecular weight excluding hydrogens is 360 g/mol. The van der Waals surface area contributed by atoms with E-state index in [1.54, 1.807) is 6.08 Å². The topological polar surface area (TPSA) is 92.8 Å². The highest BCUT2D eigenvalue weighted by Gasteiger charge is 2.21. The average molecular weight is 380 g/mol. The zero-order valence-electron chi connectivity index (χ0n) is 15.8. The van der Waals surface area contributed by atoms with Crippen molar-refractivity contribution in [2.45, 2.75) is 6.92 Å². The molecule has 0 radical (unpaired) electrons. The number of non-ortho nitro benzene ring substituents is 1. The summed E-state index contributed by atoms with van der Waals surface area (Å²) >= 11 is 0. The number of nitrogens with zero attached hydrogens (tertiary/aromatic N) is 4. The van der Waals surface area contributed by atoms with Crippen LogP contribution in [-0.4, -0.2) is 30.5 Å². The van der Waals surface area contributed by atoms with Gasteiger partial charge in [0.15, 0.2) is 0 Å². The number of nitro benzene ring substituents is 2. The Morgan fingerprint density at radius 3 is 2.43 bits per heavy atom. The number of hydrogen-bond acceptors (Lipinski definition) is 6. The van der Waals surface area contributed by atoms with Crippen molar-refractivity contribution in [3.05, 3.63) is 80.0 Å². The van der Waals surface area contributed by atoms with Gasteiger partial charge in [0.05, 0.1) is 21.5 Å². The molecule has 0 fully saturated rings. The molecule has 28 heavy (non-hydrogen) atoms. The van der Waals surface area contributed by atoms with Crippen LogP contribution in [0, 0.1) is 20.2 Å². The van der Waals surface area contributed by atoms with E-state index in [1.807, 2.05) is 56.4 Å². The van der Waals surface area contributed by atoms with Crippen LogP contribution in [0.3, 0.4) is 0 Å². The van der Waals surface area contributed by atoms with Crippen LogP contribution in [-0.2, 0) is 0 Å². The first-order chi connectivity index (χ1) is 13.3. The molecule has 2 aromatic rings. The lowest BCUT2D eigenvalue weighted by atomic mass is 9.96. The summed E-state index contributed by atoms with van der Waals surface area (Å²) < 4.78 is 0. The third-order valence-corrected chi connectivity index (χ3v) is 4.62. The van der Waals surface area contributed by atoms with Gasteiger partial charge in [-0.25, -0.2) is 0 Å². The minimum atomic E-state index is -0.637. The summed E-state index contributed by atoms with van der Waals surface area (Å²) in [5.41, 5.74) is 3.49. The lowest BCUT2D eigenvalue weighted by molar-refractivity contribution is -0.394. The smallest absolute Gasteiger partial charge is 0.283 e. The summed E-state index contributed by atoms with van der Waals surface area (Å²) in [6.45, 7) is 2.83. The first-order valence-electron chi connectivity index (χ1n) is 8.73. The second-order valence-electron chi connectivity index (χ2n) is 6.55. The van der Waals surface area contributed by atoms with E-state index >= 15 is 0 Å². The molecule has 0 atom stereocenters. The molecule has 0 bridgehead atoms. The maximum atomic E-state index is 11.4. The lowest BCUT2D eigenvalue weighted by Crippen LogP contribution is -2.19. The van der Waals surface area contributed by atoms with Gasteiger partial charge in [-0.15, -0.1) is 0 Å². The SMILES string of the molecule is CCN1C=C/C(=C\c2ccc([N+](=O)[O-])cc2[N+](=O)[O-])c2cc(N(C)C)ccc21. The van der Waals surface area contributed by atoms with Crippen molar-refractivity contribution >= 4 is 34.4 Å². The number of nitro groups is 2. The van der Waals surface area contributed by atoms with Gasteiger partial charge < -0.3 is 9.80 Å². The second-order valence-corrected chi connectivity index (χ2v) is 6.55. The highest BCUT2D eigenvalue weighted by molar-refractivity contribution is 5.96. The Bertz CT molecular complexity index is 1010. The van der Waals surface area contributed by atoms with Crippen molar-refractivity contribution in [1.82, 2.24) is 0 Å². The maximum absolute atomic E-state index is 11.4. The minimum absolute atomic E-state index is 0.293. The maximum Gasteiger partial charge on any atom is 0.283 e. The van der Waals surface area contributed by atoms with Crippen molar-refractivity contribution < 1.29 is 9.85 Å². The molecule has 1 aliphatic rings. The summed E-state index contributed by atoms with van der Waals surface area (Å²) in [7, 11) is 3.89. The number of fused-ring (bicyclic) bond motifs is 1. The molecule has 0 saturated carbocycles. The van der Waals surface area contributed by atoms with Gasteiger partial charge in [0.1, 0.15) is 0 Å². The summed E-state index contributed by atoms with van der Waals surface area (Å²) in [5, 5.41) is 22.4. The van der Waals surface area contributed by atoms with E-state index in [1.165, 1.54) is 12.1 Å². The Balaban J connectivity index is 2.17. The van der Waals surface area contributed by atoms with Gasteiger partial charge in [-0.3, -0.25) is 20.2 Å². The molecule has 3 rings (SSSR count). The van der Waals surface area contributed by atoms with E-state index in [4.69, 9.17) is 0 Å². The fraction of sp³-hybridized carbons (Fsp3) is 0.200. The lowest BCUT2D eigenvalue weighted by Gasteiger charge is -2.28. The zero-order valence-corrected chi connectivity index (χ0v) is 15.8. The molecule has 8 nitrogen and oxygen atoms in total. The van der Waals surface area contributed by atoms with Crippen LogP contribution in [0.25, 0.3) is 11.6 Å². The van der Waals surface area contributed by atoms with Crippen molar-refractivity contribution in [1.29, 1.82) is 0 Å². The fourth-order valence-electron chi connectivity index (χ4n) is 3.12. The number of hydrogen-bond donors (Lipinski definition) is 0. The molecule has 8 heteroatoms. The number of benzene rings is 2. The quantitative estimate of drug-likeness (QED) is 0.561. The Hall–Kier alpha value is -3.68. The average Bonchev–Trinajstić information content (AvgIpc) is 2.67. The van der Waals surface area contributed by atoms with E-state index in [0.29, 0.717) is 5.56 Å². The number of anilines is 2. The zero-order chi connectivity index (χ0) is 20.4. The highest BCUT2D eigenvalue weighted by atomic mass is 16.6. The van der Waals surface area contributed by atoms with E-state index in [-0.39, 0.29) is 11.4 Å². The van der Waals surface area contributed by atoms with Gasteiger partial charge in [-0.05, 0) is 48.9 Å². The van der Waals surface area contributed by atoms with Gasteiger partial charge in [0.2, 0.25) is 0 Å². The van der Waals surface area contributed by atoms with Crippen molar-refractivity contribution in [2.24, 2.45) is 0 Å². The summed E-state index contributed by atoms with van der Waals surface area (Å²) in [6, 6.07) is 9.77.